The molecule has 4 aromatic rings. The van der Waals surface area contributed by atoms with Crippen LogP contribution in [-0.4, -0.2) is 6.61 Å². The molecule has 4 aromatic carbocycles. The zero-order valence-electron chi connectivity index (χ0n) is 17.2. The molecule has 0 fully saturated rings. The van der Waals surface area contributed by atoms with Gasteiger partial charge in [-0.15, -0.1) is 0 Å². The van der Waals surface area contributed by atoms with E-state index < -0.39 is 23.0 Å². The number of benzene rings is 4. The summed E-state index contributed by atoms with van der Waals surface area (Å²) in [5.74, 6) is 2.84. The van der Waals surface area contributed by atoms with Gasteiger partial charge in [0.25, 0.3) is 0 Å². The number of hydrogen-bond donors (Lipinski definition) is 0. The molecule has 0 radical (unpaired) electrons. The van der Waals surface area contributed by atoms with Gasteiger partial charge in [0.05, 0.1) is 12.2 Å². The highest BCUT2D eigenvalue weighted by atomic mass is 19.1. The Morgan fingerprint density at radius 2 is 1.44 bits per heavy atom. The van der Waals surface area contributed by atoms with Crippen molar-refractivity contribution in [3.63, 3.8) is 0 Å². The van der Waals surface area contributed by atoms with E-state index >= 15 is 0 Å². The summed E-state index contributed by atoms with van der Waals surface area (Å²) < 4.78 is 62.4. The molecule has 0 heterocycles. The van der Waals surface area contributed by atoms with Crippen LogP contribution in [-0.2, 0) is 0 Å². The minimum absolute atomic E-state index is 0.0629. The Hall–Kier alpha value is -3.78. The summed E-state index contributed by atoms with van der Waals surface area (Å²) in [7, 11) is 0. The SMILES string of the molecule is CCCOc1ccc(-c2cc(F)c(C#Cc3ccc4cc(F)ccc4c3)c(F)c2)c(F)c1. The van der Waals surface area contributed by atoms with E-state index in [0.717, 1.165) is 23.9 Å². The summed E-state index contributed by atoms with van der Waals surface area (Å²) in [5, 5.41) is 1.46. The first kappa shape index (κ1) is 21.5. The zero-order chi connectivity index (χ0) is 22.7. The van der Waals surface area contributed by atoms with Crippen LogP contribution in [0.3, 0.4) is 0 Å². The molecule has 0 spiro atoms. The number of ether oxygens (including phenoxy) is 1. The topological polar surface area (TPSA) is 9.23 Å². The predicted octanol–water partition coefficient (Wildman–Crippen LogP) is 7.25. The van der Waals surface area contributed by atoms with Crippen LogP contribution in [0.4, 0.5) is 17.6 Å². The Morgan fingerprint density at radius 3 is 2.16 bits per heavy atom. The van der Waals surface area contributed by atoms with E-state index in [4.69, 9.17) is 4.74 Å². The first-order valence-corrected chi connectivity index (χ1v) is 10.1. The van der Waals surface area contributed by atoms with Gasteiger partial charge in [-0.25, -0.2) is 17.6 Å². The summed E-state index contributed by atoms with van der Waals surface area (Å²) in [6, 6.07) is 15.7. The highest BCUT2D eigenvalue weighted by Gasteiger charge is 2.14. The largest absolute Gasteiger partial charge is 0.494 e. The lowest BCUT2D eigenvalue weighted by atomic mass is 10.0. The lowest BCUT2D eigenvalue weighted by Gasteiger charge is -2.09. The Kier molecular flexibility index (Phi) is 6.13. The first-order chi connectivity index (χ1) is 15.4. The highest BCUT2D eigenvalue weighted by molar-refractivity contribution is 5.84. The second-order valence-electron chi connectivity index (χ2n) is 7.26. The summed E-state index contributed by atoms with van der Waals surface area (Å²) in [6.07, 6.45) is 0.778. The molecule has 0 amide bonds. The fourth-order valence-corrected chi connectivity index (χ4v) is 3.32. The van der Waals surface area contributed by atoms with Gasteiger partial charge in [0.1, 0.15) is 29.0 Å². The molecule has 0 aliphatic rings. The molecule has 0 aromatic heterocycles. The predicted molar refractivity (Wildman–Crippen MR) is 117 cm³/mol. The van der Waals surface area contributed by atoms with E-state index in [0.29, 0.717) is 23.3 Å². The van der Waals surface area contributed by atoms with E-state index in [9.17, 15) is 17.6 Å². The second-order valence-corrected chi connectivity index (χ2v) is 7.26. The molecule has 0 atom stereocenters. The van der Waals surface area contributed by atoms with Crippen molar-refractivity contribution < 1.29 is 22.3 Å². The van der Waals surface area contributed by atoms with Crippen molar-refractivity contribution in [2.75, 3.05) is 6.61 Å². The van der Waals surface area contributed by atoms with Gasteiger partial charge in [-0.3, -0.25) is 0 Å². The zero-order valence-corrected chi connectivity index (χ0v) is 17.2. The van der Waals surface area contributed by atoms with Gasteiger partial charge in [-0.05, 0) is 71.3 Å². The summed E-state index contributed by atoms with van der Waals surface area (Å²) in [6.45, 7) is 2.38. The van der Waals surface area contributed by atoms with Gasteiger partial charge in [0, 0.05) is 17.2 Å². The summed E-state index contributed by atoms with van der Waals surface area (Å²) in [4.78, 5) is 0. The normalized spacial score (nSPS) is 10.7. The van der Waals surface area contributed by atoms with Crippen LogP contribution < -0.4 is 4.74 Å². The molecule has 32 heavy (non-hydrogen) atoms. The van der Waals surface area contributed by atoms with Crippen LogP contribution in [0.5, 0.6) is 5.75 Å². The Morgan fingerprint density at radius 1 is 0.719 bits per heavy atom. The third-order valence-electron chi connectivity index (χ3n) is 4.90. The van der Waals surface area contributed by atoms with E-state index in [1.165, 1.54) is 24.3 Å². The van der Waals surface area contributed by atoms with E-state index in [-0.39, 0.29) is 16.9 Å². The number of fused-ring (bicyclic) bond motifs is 1. The number of hydrogen-bond acceptors (Lipinski definition) is 1. The summed E-state index contributed by atoms with van der Waals surface area (Å²) in [5.41, 5.74) is 0.253. The van der Waals surface area contributed by atoms with Crippen LogP contribution >= 0.6 is 0 Å². The monoisotopic (exact) mass is 434 g/mol. The van der Waals surface area contributed by atoms with Crippen LogP contribution in [0.25, 0.3) is 21.9 Å². The number of rotatable bonds is 4. The molecule has 0 N–H and O–H groups in total. The fraction of sp³-hybridized carbons (Fsp3) is 0.111. The molecular weight excluding hydrogens is 416 g/mol. The van der Waals surface area contributed by atoms with Gasteiger partial charge >= 0.3 is 0 Å². The number of halogens is 4. The van der Waals surface area contributed by atoms with Gasteiger partial charge in [0.15, 0.2) is 0 Å². The molecule has 0 saturated heterocycles. The smallest absolute Gasteiger partial charge is 0.142 e. The van der Waals surface area contributed by atoms with Crippen molar-refractivity contribution in [2.24, 2.45) is 0 Å². The van der Waals surface area contributed by atoms with Crippen molar-refractivity contribution in [2.45, 2.75) is 13.3 Å². The maximum Gasteiger partial charge on any atom is 0.142 e. The molecule has 0 aliphatic heterocycles. The molecule has 1 nitrogen and oxygen atoms in total. The third-order valence-corrected chi connectivity index (χ3v) is 4.90. The van der Waals surface area contributed by atoms with Crippen molar-refractivity contribution >= 4 is 10.8 Å². The first-order valence-electron chi connectivity index (χ1n) is 10.1. The maximum atomic E-state index is 14.6. The quantitative estimate of drug-likeness (QED) is 0.243. The minimum Gasteiger partial charge on any atom is -0.494 e. The van der Waals surface area contributed by atoms with Crippen molar-refractivity contribution in [1.29, 1.82) is 0 Å². The molecular formula is C27H18F4O. The van der Waals surface area contributed by atoms with Crippen LogP contribution in [0.1, 0.15) is 24.5 Å². The van der Waals surface area contributed by atoms with Crippen molar-refractivity contribution in [1.82, 2.24) is 0 Å². The minimum atomic E-state index is -0.888. The van der Waals surface area contributed by atoms with Gasteiger partial charge in [-0.2, -0.15) is 0 Å². The summed E-state index contributed by atoms with van der Waals surface area (Å²) >= 11 is 0. The average Bonchev–Trinajstić information content (AvgIpc) is 2.77. The average molecular weight is 434 g/mol. The van der Waals surface area contributed by atoms with E-state index in [1.807, 2.05) is 6.92 Å². The van der Waals surface area contributed by atoms with E-state index in [1.54, 1.807) is 30.3 Å². The molecule has 4 rings (SSSR count). The molecule has 0 saturated carbocycles. The highest BCUT2D eigenvalue weighted by Crippen LogP contribution is 2.29. The molecule has 0 unspecified atom stereocenters. The van der Waals surface area contributed by atoms with Gasteiger partial charge < -0.3 is 4.74 Å². The lowest BCUT2D eigenvalue weighted by molar-refractivity contribution is 0.316. The van der Waals surface area contributed by atoms with Crippen LogP contribution in [0, 0.1) is 35.1 Å². The van der Waals surface area contributed by atoms with E-state index in [2.05, 4.69) is 11.8 Å². The molecule has 160 valence electrons. The fourth-order valence-electron chi connectivity index (χ4n) is 3.32. The maximum absolute atomic E-state index is 14.6. The third kappa shape index (κ3) is 4.60. The second kappa shape index (κ2) is 9.15. The van der Waals surface area contributed by atoms with Gasteiger partial charge in [-0.1, -0.05) is 30.9 Å². The Labute approximate surface area is 183 Å². The Balaban J connectivity index is 1.64. The lowest BCUT2D eigenvalue weighted by Crippen LogP contribution is -1.97. The van der Waals surface area contributed by atoms with Crippen molar-refractivity contribution in [3.8, 4) is 28.7 Å². The standard InChI is InChI=1S/C27H18F4O/c1-2-11-32-22-8-10-23(27(31)16-22)20-14-25(29)24(26(30)15-20)9-4-17-3-5-19-13-21(28)7-6-18(19)12-17/h3,5-8,10,12-16H,2,11H2,1H3. The molecule has 0 aliphatic carbocycles. The molecule has 5 heteroatoms. The van der Waals surface area contributed by atoms with Crippen LogP contribution in [0.15, 0.2) is 66.7 Å². The molecule has 0 bridgehead atoms. The van der Waals surface area contributed by atoms with Crippen molar-refractivity contribution in [3.05, 3.63) is 101 Å². The van der Waals surface area contributed by atoms with Crippen LogP contribution in [0.2, 0.25) is 0 Å². The van der Waals surface area contributed by atoms with Gasteiger partial charge in [0.2, 0.25) is 0 Å². The Bertz CT molecular complexity index is 1340.